The number of fused-ring (bicyclic) bond motifs is 3. The predicted octanol–water partition coefficient (Wildman–Crippen LogP) is 5.31. The molecule has 3 aromatic rings. The number of benzene rings is 3. The fourth-order valence-corrected chi connectivity index (χ4v) is 5.21. The van der Waals surface area contributed by atoms with Gasteiger partial charge >= 0.3 is 5.97 Å². The molecule has 0 radical (unpaired) electrons. The number of carboxylic acids is 1. The molecule has 162 valence electrons. The van der Waals surface area contributed by atoms with Gasteiger partial charge in [-0.1, -0.05) is 73.5 Å². The Bertz CT molecular complexity index is 1170. The average Bonchev–Trinajstić information content (AvgIpc) is 3.42. The Balaban J connectivity index is 1.46. The van der Waals surface area contributed by atoms with Gasteiger partial charge in [-0.05, 0) is 52.8 Å². The van der Waals surface area contributed by atoms with Gasteiger partial charge in [-0.3, -0.25) is 4.79 Å². The topological polar surface area (TPSA) is 75.6 Å². The first-order valence-corrected chi connectivity index (χ1v) is 11.0. The SMILES string of the molecule is O=C(O)COC1c2ccccc2-c2ccc(NC(=O)C3(c4ccccc4)CCCC3)cc21. The van der Waals surface area contributed by atoms with Gasteiger partial charge in [0, 0.05) is 5.69 Å². The zero-order valence-corrected chi connectivity index (χ0v) is 17.7. The largest absolute Gasteiger partial charge is 0.480 e. The number of carboxylic acid groups (broad SMARTS) is 1. The summed E-state index contributed by atoms with van der Waals surface area (Å²) in [6, 6.07) is 23.7. The summed E-state index contributed by atoms with van der Waals surface area (Å²) >= 11 is 0. The molecular formula is C27H25NO4. The first-order valence-electron chi connectivity index (χ1n) is 11.0. The minimum absolute atomic E-state index is 0.0136. The summed E-state index contributed by atoms with van der Waals surface area (Å²) in [6.07, 6.45) is 3.27. The molecule has 2 aliphatic rings. The van der Waals surface area contributed by atoms with Crippen molar-refractivity contribution in [1.82, 2.24) is 0 Å². The highest BCUT2D eigenvalue weighted by Crippen LogP contribution is 2.47. The molecule has 1 amide bonds. The van der Waals surface area contributed by atoms with Gasteiger partial charge in [-0.2, -0.15) is 0 Å². The van der Waals surface area contributed by atoms with Crippen LogP contribution in [-0.4, -0.2) is 23.6 Å². The Morgan fingerprint density at radius 3 is 2.34 bits per heavy atom. The summed E-state index contributed by atoms with van der Waals surface area (Å²) in [6.45, 7) is -0.383. The number of nitrogens with one attached hydrogen (secondary N) is 1. The van der Waals surface area contributed by atoms with Crippen LogP contribution in [0.3, 0.4) is 0 Å². The molecule has 3 aromatic carbocycles. The second-order valence-corrected chi connectivity index (χ2v) is 8.58. The Labute approximate surface area is 187 Å². The van der Waals surface area contributed by atoms with Crippen molar-refractivity contribution in [3.05, 3.63) is 89.5 Å². The van der Waals surface area contributed by atoms with Crippen LogP contribution in [0.5, 0.6) is 0 Å². The van der Waals surface area contributed by atoms with E-state index in [0.717, 1.165) is 53.5 Å². The van der Waals surface area contributed by atoms with E-state index in [1.54, 1.807) is 0 Å². The normalized spacial score (nSPS) is 18.1. The Hall–Kier alpha value is -3.44. The number of hydrogen-bond acceptors (Lipinski definition) is 3. The molecule has 2 aliphatic carbocycles. The predicted molar refractivity (Wildman–Crippen MR) is 123 cm³/mol. The molecule has 0 spiro atoms. The van der Waals surface area contributed by atoms with Crippen LogP contribution in [-0.2, 0) is 19.7 Å². The molecule has 32 heavy (non-hydrogen) atoms. The fourth-order valence-electron chi connectivity index (χ4n) is 5.21. The lowest BCUT2D eigenvalue weighted by Gasteiger charge is -2.28. The van der Waals surface area contributed by atoms with Crippen molar-refractivity contribution < 1.29 is 19.4 Å². The maximum Gasteiger partial charge on any atom is 0.329 e. The summed E-state index contributed by atoms with van der Waals surface area (Å²) in [5, 5.41) is 12.3. The zero-order valence-electron chi connectivity index (χ0n) is 17.7. The Morgan fingerprint density at radius 1 is 0.906 bits per heavy atom. The van der Waals surface area contributed by atoms with E-state index in [2.05, 4.69) is 5.32 Å². The number of amides is 1. The monoisotopic (exact) mass is 427 g/mol. The van der Waals surface area contributed by atoms with Crippen LogP contribution in [0.4, 0.5) is 5.69 Å². The molecule has 1 unspecified atom stereocenters. The van der Waals surface area contributed by atoms with Crippen LogP contribution in [0.2, 0.25) is 0 Å². The molecule has 0 aromatic heterocycles. The van der Waals surface area contributed by atoms with E-state index in [1.165, 1.54) is 0 Å². The molecule has 0 aliphatic heterocycles. The van der Waals surface area contributed by atoms with Crippen molar-refractivity contribution in [3.8, 4) is 11.1 Å². The molecule has 5 nitrogen and oxygen atoms in total. The second-order valence-electron chi connectivity index (χ2n) is 8.58. The summed E-state index contributed by atoms with van der Waals surface area (Å²) in [5.74, 6) is -0.994. The van der Waals surface area contributed by atoms with Crippen LogP contribution < -0.4 is 5.32 Å². The van der Waals surface area contributed by atoms with Crippen LogP contribution in [0.1, 0.15) is 48.5 Å². The quantitative estimate of drug-likeness (QED) is 0.559. The lowest BCUT2D eigenvalue weighted by molar-refractivity contribution is -0.143. The third-order valence-electron chi connectivity index (χ3n) is 6.72. The van der Waals surface area contributed by atoms with E-state index in [1.807, 2.05) is 72.8 Å². The highest BCUT2D eigenvalue weighted by molar-refractivity contribution is 6.00. The number of anilines is 1. The molecule has 1 saturated carbocycles. The summed E-state index contributed by atoms with van der Waals surface area (Å²) in [7, 11) is 0. The number of carbonyl (C=O) groups excluding carboxylic acids is 1. The van der Waals surface area contributed by atoms with Crippen molar-refractivity contribution in [2.24, 2.45) is 0 Å². The van der Waals surface area contributed by atoms with Crippen molar-refractivity contribution in [2.75, 3.05) is 11.9 Å². The molecule has 0 bridgehead atoms. The smallest absolute Gasteiger partial charge is 0.329 e. The molecule has 0 heterocycles. The van der Waals surface area contributed by atoms with Crippen LogP contribution in [0.25, 0.3) is 11.1 Å². The van der Waals surface area contributed by atoms with E-state index < -0.39 is 17.5 Å². The zero-order chi connectivity index (χ0) is 22.1. The average molecular weight is 428 g/mol. The van der Waals surface area contributed by atoms with E-state index in [-0.39, 0.29) is 12.5 Å². The number of rotatable bonds is 6. The lowest BCUT2D eigenvalue weighted by atomic mass is 9.78. The molecular weight excluding hydrogens is 402 g/mol. The van der Waals surface area contributed by atoms with Gasteiger partial charge in [0.15, 0.2) is 0 Å². The minimum atomic E-state index is -1.01. The first kappa shape index (κ1) is 20.5. The van der Waals surface area contributed by atoms with E-state index in [4.69, 9.17) is 9.84 Å². The van der Waals surface area contributed by atoms with Crippen molar-refractivity contribution >= 4 is 17.6 Å². The van der Waals surface area contributed by atoms with Gasteiger partial charge in [0.25, 0.3) is 0 Å². The summed E-state index contributed by atoms with van der Waals surface area (Å²) in [4.78, 5) is 24.7. The Morgan fingerprint density at radius 2 is 1.59 bits per heavy atom. The van der Waals surface area contributed by atoms with Gasteiger partial charge in [-0.15, -0.1) is 0 Å². The van der Waals surface area contributed by atoms with Gasteiger partial charge in [0.05, 0.1) is 5.41 Å². The molecule has 1 atom stereocenters. The van der Waals surface area contributed by atoms with Gasteiger partial charge in [0.1, 0.15) is 12.7 Å². The highest BCUT2D eigenvalue weighted by atomic mass is 16.5. The van der Waals surface area contributed by atoms with Crippen molar-refractivity contribution in [1.29, 1.82) is 0 Å². The molecule has 1 fully saturated rings. The number of hydrogen-bond donors (Lipinski definition) is 2. The summed E-state index contributed by atoms with van der Waals surface area (Å²) in [5.41, 5.74) is 5.12. The third kappa shape index (κ3) is 3.49. The maximum absolute atomic E-state index is 13.5. The van der Waals surface area contributed by atoms with E-state index in [9.17, 15) is 9.59 Å². The number of aliphatic carboxylic acids is 1. The summed E-state index contributed by atoms with van der Waals surface area (Å²) < 4.78 is 5.75. The van der Waals surface area contributed by atoms with Crippen molar-refractivity contribution in [3.63, 3.8) is 0 Å². The second kappa shape index (κ2) is 8.24. The highest BCUT2D eigenvalue weighted by Gasteiger charge is 2.42. The van der Waals surface area contributed by atoms with Crippen LogP contribution in [0, 0.1) is 0 Å². The molecule has 5 rings (SSSR count). The standard InChI is InChI=1S/C27H25NO4/c29-24(30)17-32-25-22-11-5-4-10-20(22)21-13-12-19(16-23(21)25)28-26(31)27(14-6-7-15-27)18-8-2-1-3-9-18/h1-5,8-13,16,25H,6-7,14-15,17H2,(H,28,31)(H,29,30). The Kier molecular flexibility index (Phi) is 5.27. The number of ether oxygens (including phenoxy) is 1. The van der Waals surface area contributed by atoms with Gasteiger partial charge in [-0.25, -0.2) is 4.79 Å². The van der Waals surface area contributed by atoms with Crippen LogP contribution in [0.15, 0.2) is 72.8 Å². The van der Waals surface area contributed by atoms with E-state index in [0.29, 0.717) is 5.69 Å². The van der Waals surface area contributed by atoms with Gasteiger partial charge < -0.3 is 15.2 Å². The molecule has 5 heteroatoms. The third-order valence-corrected chi connectivity index (χ3v) is 6.72. The molecule has 2 N–H and O–H groups in total. The first-order chi connectivity index (χ1) is 15.6. The molecule has 0 saturated heterocycles. The minimum Gasteiger partial charge on any atom is -0.480 e. The maximum atomic E-state index is 13.5. The van der Waals surface area contributed by atoms with Crippen LogP contribution >= 0.6 is 0 Å². The van der Waals surface area contributed by atoms with Gasteiger partial charge in [0.2, 0.25) is 5.91 Å². The van der Waals surface area contributed by atoms with Crippen molar-refractivity contribution in [2.45, 2.75) is 37.2 Å². The van der Waals surface area contributed by atoms with E-state index >= 15 is 0 Å². The number of carbonyl (C=O) groups is 2. The lowest BCUT2D eigenvalue weighted by Crippen LogP contribution is -2.38. The fraction of sp³-hybridized carbons (Fsp3) is 0.259.